The third kappa shape index (κ3) is 3.77. The van der Waals surface area contributed by atoms with E-state index in [1.165, 1.54) is 35.8 Å². The normalized spacial score (nSPS) is 27.0. The first-order chi connectivity index (χ1) is 12.3. The minimum atomic E-state index is -1.34. The summed E-state index contributed by atoms with van der Waals surface area (Å²) in [6.45, 7) is 0.864. The number of carbonyl (C=O) groups excluding carboxylic acids is 2. The lowest BCUT2D eigenvalue weighted by Gasteiger charge is -2.55. The van der Waals surface area contributed by atoms with Crippen molar-refractivity contribution in [3.63, 3.8) is 0 Å². The van der Waals surface area contributed by atoms with E-state index < -0.39 is 23.4 Å². The zero-order valence-electron chi connectivity index (χ0n) is 14.3. The number of β-lactam (4-membered cyclic amide) rings is 1. The van der Waals surface area contributed by atoms with Crippen molar-refractivity contribution in [3.8, 4) is 6.07 Å². The molecule has 0 aromatic rings. The van der Waals surface area contributed by atoms with Crippen LogP contribution in [-0.4, -0.2) is 75.3 Å². The number of carbonyl (C=O) groups is 3. The first kappa shape index (κ1) is 20.4. The van der Waals surface area contributed by atoms with Gasteiger partial charge in [0, 0.05) is 32.1 Å². The summed E-state index contributed by atoms with van der Waals surface area (Å²) in [7, 11) is 1.39. The van der Waals surface area contributed by atoms with Gasteiger partial charge in [-0.25, -0.2) is 5.06 Å². The van der Waals surface area contributed by atoms with Gasteiger partial charge in [-0.15, -0.1) is 11.8 Å². The second kappa shape index (κ2) is 8.20. The average molecular weight is 401 g/mol. The van der Waals surface area contributed by atoms with Crippen LogP contribution in [0.2, 0.25) is 0 Å². The molecule has 9 nitrogen and oxygen atoms in total. The zero-order valence-corrected chi connectivity index (χ0v) is 16.0. The Morgan fingerprint density at radius 3 is 2.81 bits per heavy atom. The van der Waals surface area contributed by atoms with Gasteiger partial charge < -0.3 is 14.7 Å². The van der Waals surface area contributed by atoms with Crippen LogP contribution in [0.15, 0.2) is 0 Å². The van der Waals surface area contributed by atoms with E-state index in [0.29, 0.717) is 11.4 Å². The number of ether oxygens (including phenoxy) is 1. The van der Waals surface area contributed by atoms with Crippen molar-refractivity contribution in [2.75, 3.05) is 26.0 Å². The maximum atomic E-state index is 12.6. The third-order valence-electron chi connectivity index (χ3n) is 4.27. The Kier molecular flexibility index (Phi) is 6.44. The molecule has 142 valence electrons. The second-order valence-corrected chi connectivity index (χ2v) is 7.61. The van der Waals surface area contributed by atoms with Gasteiger partial charge in [0.15, 0.2) is 6.04 Å². The van der Waals surface area contributed by atoms with Crippen molar-refractivity contribution < 1.29 is 29.1 Å². The molecule has 2 rings (SSSR count). The molecule has 0 spiro atoms. The van der Waals surface area contributed by atoms with Gasteiger partial charge in [-0.3, -0.25) is 19.2 Å². The number of hydrogen-bond donors (Lipinski definition) is 1. The van der Waals surface area contributed by atoms with E-state index in [-0.39, 0.29) is 36.6 Å². The highest BCUT2D eigenvalue weighted by Crippen LogP contribution is 2.44. The van der Waals surface area contributed by atoms with Gasteiger partial charge in [0.25, 0.3) is 5.91 Å². The molecule has 0 aromatic carbocycles. The number of carboxylic acid groups (broad SMARTS) is 1. The Hall–Kier alpha value is -1.90. The van der Waals surface area contributed by atoms with Gasteiger partial charge in [0.05, 0.1) is 13.2 Å². The fourth-order valence-corrected chi connectivity index (χ4v) is 4.69. The van der Waals surface area contributed by atoms with Gasteiger partial charge in [-0.1, -0.05) is 12.2 Å². The van der Waals surface area contributed by atoms with Gasteiger partial charge >= 0.3 is 11.9 Å². The summed E-state index contributed by atoms with van der Waals surface area (Å²) in [5, 5.41) is 19.3. The first-order valence-electron chi connectivity index (χ1n) is 7.79. The number of fused-ring (bicyclic) bond motifs is 1. The number of esters is 1. The van der Waals surface area contributed by atoms with E-state index >= 15 is 0 Å². The van der Waals surface area contributed by atoms with Crippen LogP contribution in [0.5, 0.6) is 0 Å². The number of amides is 1. The molecule has 2 unspecified atom stereocenters. The number of nitrogens with zero attached hydrogens (tertiary/aromatic N) is 3. The molecule has 2 heterocycles. The maximum Gasteiger partial charge on any atom is 0.315 e. The number of rotatable bonds is 7. The molecule has 2 aliphatic rings. The Bertz CT molecular complexity index is 666. The zero-order chi connectivity index (χ0) is 19.5. The van der Waals surface area contributed by atoms with Crippen LogP contribution in [0.25, 0.3) is 0 Å². The molecule has 0 radical (unpaired) electrons. The molecule has 2 fully saturated rings. The summed E-state index contributed by atoms with van der Waals surface area (Å²) < 4.78 is 4.91. The van der Waals surface area contributed by atoms with E-state index in [4.69, 9.17) is 27.1 Å². The number of thioether (sulfide) groups is 1. The summed E-state index contributed by atoms with van der Waals surface area (Å²) in [5.74, 6) is -1.81. The van der Waals surface area contributed by atoms with Crippen molar-refractivity contribution in [2.45, 2.75) is 31.2 Å². The molecule has 0 bridgehead atoms. The molecule has 1 N–H and O–H groups in total. The predicted molar refractivity (Wildman–Crippen MR) is 94.7 cm³/mol. The smallest absolute Gasteiger partial charge is 0.315 e. The number of hydroxylamine groups is 2. The first-order valence-corrected chi connectivity index (χ1v) is 9.25. The molecule has 2 saturated heterocycles. The Morgan fingerprint density at radius 1 is 1.58 bits per heavy atom. The highest BCUT2D eigenvalue weighted by atomic mass is 32.2. The Labute approximate surface area is 160 Å². The number of nitriles is 1. The number of hydrogen-bond acceptors (Lipinski definition) is 8. The predicted octanol–water partition coefficient (Wildman–Crippen LogP) is 0.399. The molecule has 0 saturated carbocycles. The largest absolute Gasteiger partial charge is 0.481 e. The Morgan fingerprint density at radius 2 is 2.27 bits per heavy atom. The molecular weight excluding hydrogens is 382 g/mol. The minimum absolute atomic E-state index is 0.0505. The fraction of sp³-hybridized carbons (Fsp3) is 0.667. The van der Waals surface area contributed by atoms with E-state index in [1.54, 1.807) is 0 Å². The molecule has 3 atom stereocenters. The minimum Gasteiger partial charge on any atom is -0.481 e. The average Bonchev–Trinajstić information content (AvgIpc) is 2.61. The van der Waals surface area contributed by atoms with Crippen molar-refractivity contribution in [1.82, 2.24) is 9.96 Å². The van der Waals surface area contributed by atoms with Crippen LogP contribution < -0.4 is 0 Å². The van der Waals surface area contributed by atoms with Crippen molar-refractivity contribution in [3.05, 3.63) is 0 Å². The van der Waals surface area contributed by atoms with Crippen LogP contribution in [0.3, 0.4) is 0 Å². The van der Waals surface area contributed by atoms with E-state index in [1.807, 2.05) is 6.07 Å². The van der Waals surface area contributed by atoms with E-state index in [2.05, 4.69) is 0 Å². The van der Waals surface area contributed by atoms with Crippen molar-refractivity contribution in [1.29, 1.82) is 5.26 Å². The van der Waals surface area contributed by atoms with Gasteiger partial charge in [-0.2, -0.15) is 5.26 Å². The Balaban J connectivity index is 2.10. The van der Waals surface area contributed by atoms with Crippen LogP contribution in [-0.2, 0) is 24.0 Å². The second-order valence-electron chi connectivity index (χ2n) is 6.04. The monoisotopic (exact) mass is 401 g/mol. The van der Waals surface area contributed by atoms with Crippen LogP contribution in [0.1, 0.15) is 19.8 Å². The third-order valence-corrected chi connectivity index (χ3v) is 6.23. The lowest BCUT2D eigenvalue weighted by Crippen LogP contribution is -2.74. The SMILES string of the molecule is CON(C(=S)CCC#N)C1C(=O)N2CC(COC(C)=O)(C(=O)O)CS[C@H]12. The quantitative estimate of drug-likeness (QED) is 0.278. The van der Waals surface area contributed by atoms with E-state index in [9.17, 15) is 19.5 Å². The summed E-state index contributed by atoms with van der Waals surface area (Å²) in [6, 6.07) is 1.33. The van der Waals surface area contributed by atoms with Gasteiger partial charge in [-0.05, 0) is 0 Å². The fourth-order valence-electron chi connectivity index (χ4n) is 2.85. The lowest BCUT2D eigenvalue weighted by molar-refractivity contribution is -0.184. The van der Waals surface area contributed by atoms with Crippen molar-refractivity contribution in [2.24, 2.45) is 5.41 Å². The molecule has 0 aromatic heterocycles. The summed E-state index contributed by atoms with van der Waals surface area (Å²) in [4.78, 5) is 42.4. The molecule has 26 heavy (non-hydrogen) atoms. The summed E-state index contributed by atoms with van der Waals surface area (Å²) >= 11 is 6.52. The van der Waals surface area contributed by atoms with Crippen LogP contribution in [0.4, 0.5) is 0 Å². The molecule has 11 heteroatoms. The molecule has 1 amide bonds. The number of aliphatic carboxylic acids is 1. The summed E-state index contributed by atoms with van der Waals surface area (Å²) in [5.41, 5.74) is -1.34. The maximum absolute atomic E-state index is 12.6. The van der Waals surface area contributed by atoms with Crippen LogP contribution >= 0.6 is 24.0 Å². The topological polar surface area (TPSA) is 120 Å². The summed E-state index contributed by atoms with van der Waals surface area (Å²) in [6.07, 6.45) is 0.512. The number of carboxylic acids is 1. The highest BCUT2D eigenvalue weighted by molar-refractivity contribution is 8.00. The standard InChI is InChI=1S/C15H19N3O6S2/c1-9(19)24-7-15(14(21)22)6-17-12(20)11(13(17)26-8-15)18(23-2)10(25)4-3-5-16/h11,13H,3-4,6-8H2,1-2H3,(H,21,22)/t11?,13-,15?/m1/s1. The molecule has 0 aliphatic carbocycles. The molecular formula is C15H19N3O6S2. The van der Waals surface area contributed by atoms with E-state index in [0.717, 1.165) is 0 Å². The van der Waals surface area contributed by atoms with Crippen LogP contribution in [0, 0.1) is 16.7 Å². The van der Waals surface area contributed by atoms with Gasteiger partial charge in [0.1, 0.15) is 22.4 Å². The number of thiocarbonyl (C=S) groups is 1. The molecule has 2 aliphatic heterocycles. The van der Waals surface area contributed by atoms with Gasteiger partial charge in [0.2, 0.25) is 0 Å². The lowest BCUT2D eigenvalue weighted by atomic mass is 9.88. The highest BCUT2D eigenvalue weighted by Gasteiger charge is 2.59. The van der Waals surface area contributed by atoms with Crippen molar-refractivity contribution >= 4 is 46.8 Å².